The van der Waals surface area contributed by atoms with E-state index in [-0.39, 0.29) is 25.4 Å². The molecular weight excluding hydrogens is 678 g/mol. The normalized spacial score (nSPS) is 13.1. The van der Waals surface area contributed by atoms with E-state index in [1.807, 2.05) is 72.8 Å². The Labute approximate surface area is 286 Å². The molecule has 0 saturated carbocycles. The Bertz CT molecular complexity index is 1900. The first-order valence-electron chi connectivity index (χ1n) is 15.6. The lowest BCUT2D eigenvalue weighted by Gasteiger charge is -2.26. The number of nitrogens with one attached hydrogen (secondary N) is 5. The predicted octanol–water partition coefficient (Wildman–Crippen LogP) is 5.29. The lowest BCUT2D eigenvalue weighted by molar-refractivity contribution is -0.145. The molecule has 0 spiro atoms. The van der Waals surface area contributed by atoms with E-state index in [2.05, 4.69) is 41.8 Å². The van der Waals surface area contributed by atoms with Crippen molar-refractivity contribution in [1.29, 1.82) is 0 Å². The highest BCUT2D eigenvalue weighted by Crippen LogP contribution is 2.27. The maximum atomic E-state index is 14.0. The largest absolute Gasteiger partial charge is 0.467 e. The van der Waals surface area contributed by atoms with E-state index >= 15 is 0 Å². The average molecular weight is 717 g/mol. The molecule has 0 bridgehead atoms. The van der Waals surface area contributed by atoms with Gasteiger partial charge in [-0.3, -0.25) is 9.59 Å². The van der Waals surface area contributed by atoms with Crippen LogP contribution in [-0.4, -0.2) is 59.1 Å². The van der Waals surface area contributed by atoms with Crippen molar-refractivity contribution in [3.63, 3.8) is 0 Å². The van der Waals surface area contributed by atoms with E-state index in [1.54, 1.807) is 26.2 Å². The monoisotopic (exact) mass is 715 g/mol. The van der Waals surface area contributed by atoms with Crippen molar-refractivity contribution in [2.75, 3.05) is 7.11 Å². The number of methoxy groups -OCH3 is 1. The van der Waals surface area contributed by atoms with Gasteiger partial charge in [0.1, 0.15) is 24.7 Å². The smallest absolute Gasteiger partial charge is 0.408 e. The number of amides is 3. The third-order valence-corrected chi connectivity index (χ3v) is 8.80. The first-order chi connectivity index (χ1) is 23.1. The zero-order valence-corrected chi connectivity index (χ0v) is 28.4. The number of aromatic nitrogens is 2. The molecule has 3 aromatic carbocycles. The highest BCUT2D eigenvalue weighted by atomic mass is 79.9. The summed E-state index contributed by atoms with van der Waals surface area (Å²) >= 11 is 3.55. The van der Waals surface area contributed by atoms with Gasteiger partial charge in [0.2, 0.25) is 11.8 Å². The van der Waals surface area contributed by atoms with Gasteiger partial charge in [-0.25, -0.2) is 9.59 Å². The molecule has 48 heavy (non-hydrogen) atoms. The highest BCUT2D eigenvalue weighted by molar-refractivity contribution is 9.10. The minimum absolute atomic E-state index is 0.0333. The summed E-state index contributed by atoms with van der Waals surface area (Å²) in [6.07, 6.45) is 3.07. The van der Waals surface area contributed by atoms with Crippen LogP contribution in [0.15, 0.2) is 89.7 Å². The number of H-pyrrole nitrogens is 2. The van der Waals surface area contributed by atoms with Gasteiger partial charge in [0.15, 0.2) is 0 Å². The molecule has 3 atom stereocenters. The molecule has 0 aliphatic rings. The summed E-state index contributed by atoms with van der Waals surface area (Å²) in [7, 11) is 1.26. The molecule has 0 radical (unpaired) electrons. The molecule has 0 saturated heterocycles. The molecule has 0 fully saturated rings. The highest BCUT2D eigenvalue weighted by Gasteiger charge is 2.32. The maximum absolute atomic E-state index is 14.0. The number of hydrogen-bond acceptors (Lipinski definition) is 6. The van der Waals surface area contributed by atoms with Gasteiger partial charge in [-0.2, -0.15) is 0 Å². The molecule has 3 amide bonds. The SMILES string of the molecule is COC(=O)[C@H](Cc1c[nH]c2ccccc12)NC(=O)[C@H](Cc1c[nH]c2c(Br)cccc12)NC(=O)[C@@H](NC(=O)OCc1ccccc1)C(C)C. The van der Waals surface area contributed by atoms with Crippen LogP contribution >= 0.6 is 15.9 Å². The fourth-order valence-electron chi connectivity index (χ4n) is 5.59. The molecule has 11 nitrogen and oxygen atoms in total. The number of rotatable bonds is 13. The van der Waals surface area contributed by atoms with E-state index in [4.69, 9.17) is 9.47 Å². The molecule has 0 aliphatic heterocycles. The number of fused-ring (bicyclic) bond motifs is 2. The van der Waals surface area contributed by atoms with Crippen LogP contribution in [0.25, 0.3) is 21.8 Å². The number of ether oxygens (including phenoxy) is 2. The zero-order valence-electron chi connectivity index (χ0n) is 26.8. The molecule has 2 aromatic heterocycles. The van der Waals surface area contributed by atoms with Crippen LogP contribution in [-0.2, 0) is 43.3 Å². The minimum atomic E-state index is -1.12. The lowest BCUT2D eigenvalue weighted by atomic mass is 10.00. The van der Waals surface area contributed by atoms with Crippen LogP contribution < -0.4 is 16.0 Å². The van der Waals surface area contributed by atoms with E-state index < -0.39 is 42.0 Å². The fraction of sp³-hybridized carbons (Fsp3) is 0.278. The summed E-state index contributed by atoms with van der Waals surface area (Å²) in [5, 5.41) is 10.1. The number of carbonyl (C=O) groups is 4. The van der Waals surface area contributed by atoms with Crippen LogP contribution in [0.3, 0.4) is 0 Å². The van der Waals surface area contributed by atoms with Crippen molar-refractivity contribution in [2.45, 2.75) is 51.4 Å². The predicted molar refractivity (Wildman–Crippen MR) is 186 cm³/mol. The first kappa shape index (κ1) is 34.2. The van der Waals surface area contributed by atoms with Crippen LogP contribution in [0.5, 0.6) is 0 Å². The molecule has 5 N–H and O–H groups in total. The van der Waals surface area contributed by atoms with Crippen molar-refractivity contribution < 1.29 is 28.7 Å². The van der Waals surface area contributed by atoms with Crippen LogP contribution in [0, 0.1) is 5.92 Å². The number of hydrogen-bond donors (Lipinski definition) is 5. The zero-order chi connectivity index (χ0) is 34.2. The number of esters is 1. The quantitative estimate of drug-likeness (QED) is 0.104. The third-order valence-electron chi connectivity index (χ3n) is 8.14. The molecule has 2 heterocycles. The number of benzene rings is 3. The Morgan fingerprint density at radius 1 is 0.750 bits per heavy atom. The summed E-state index contributed by atoms with van der Waals surface area (Å²) in [6, 6.07) is 19.4. The standard InChI is InChI=1S/C36H38BrN5O6/c1-21(2)31(42-36(46)48-20-22-10-5-4-6-11-22)34(44)40-29(16-24-19-39-32-26(24)13-9-14-27(32)37)33(43)41-30(35(45)47-3)17-23-18-38-28-15-8-7-12-25(23)28/h4-15,18-19,21,29-31,38-39H,16-17,20H2,1-3H3,(H,40,44)(H,41,43)(H,42,46)/t29-,30-,31-/m0/s1. The fourth-order valence-corrected chi connectivity index (χ4v) is 6.07. The van der Waals surface area contributed by atoms with Gasteiger partial charge >= 0.3 is 12.1 Å². The second-order valence-electron chi connectivity index (χ2n) is 11.8. The Hall–Kier alpha value is -5.10. The van der Waals surface area contributed by atoms with Gasteiger partial charge in [-0.1, -0.05) is 74.5 Å². The number of para-hydroxylation sites is 2. The summed E-state index contributed by atoms with van der Waals surface area (Å²) in [4.78, 5) is 59.9. The van der Waals surface area contributed by atoms with Gasteiger partial charge in [-0.15, -0.1) is 0 Å². The number of alkyl carbamates (subject to hydrolysis) is 1. The van der Waals surface area contributed by atoms with Crippen molar-refractivity contribution in [3.8, 4) is 0 Å². The molecule has 5 rings (SSSR count). The topological polar surface area (TPSA) is 154 Å². The number of halogens is 1. The van der Waals surface area contributed by atoms with Gasteiger partial charge in [0.25, 0.3) is 0 Å². The van der Waals surface area contributed by atoms with Gasteiger partial charge in [0, 0.05) is 46.0 Å². The van der Waals surface area contributed by atoms with E-state index in [9.17, 15) is 19.2 Å². The first-order valence-corrected chi connectivity index (χ1v) is 16.4. The van der Waals surface area contributed by atoms with Gasteiger partial charge in [0.05, 0.1) is 12.6 Å². The van der Waals surface area contributed by atoms with E-state index in [1.165, 1.54) is 7.11 Å². The molecule has 12 heteroatoms. The summed E-state index contributed by atoms with van der Waals surface area (Å²) < 4.78 is 11.3. The van der Waals surface area contributed by atoms with Crippen molar-refractivity contribution in [1.82, 2.24) is 25.9 Å². The molecule has 0 unspecified atom stereocenters. The minimum Gasteiger partial charge on any atom is -0.467 e. The Kier molecular flexibility index (Phi) is 11.2. The summed E-state index contributed by atoms with van der Waals surface area (Å²) in [6.45, 7) is 3.59. The Balaban J connectivity index is 1.37. The van der Waals surface area contributed by atoms with Gasteiger partial charge in [-0.05, 0) is 50.7 Å². The lowest BCUT2D eigenvalue weighted by Crippen LogP contribution is -2.57. The van der Waals surface area contributed by atoms with Crippen molar-refractivity contribution >= 4 is 61.6 Å². The van der Waals surface area contributed by atoms with Crippen LogP contribution in [0.1, 0.15) is 30.5 Å². The molecule has 5 aromatic rings. The second kappa shape index (κ2) is 15.7. The maximum Gasteiger partial charge on any atom is 0.408 e. The van der Waals surface area contributed by atoms with Crippen LogP contribution in [0.4, 0.5) is 4.79 Å². The van der Waals surface area contributed by atoms with Crippen LogP contribution in [0.2, 0.25) is 0 Å². The van der Waals surface area contributed by atoms with Gasteiger partial charge < -0.3 is 35.4 Å². The number of aromatic amines is 2. The second-order valence-corrected chi connectivity index (χ2v) is 12.7. The third kappa shape index (κ3) is 8.24. The molecule has 0 aliphatic carbocycles. The number of carbonyl (C=O) groups excluding carboxylic acids is 4. The van der Waals surface area contributed by atoms with Crippen molar-refractivity contribution in [3.05, 3.63) is 106 Å². The summed E-state index contributed by atoms with van der Waals surface area (Å²) in [5.74, 6) is -2.13. The Morgan fingerprint density at radius 3 is 2.15 bits per heavy atom. The average Bonchev–Trinajstić information content (AvgIpc) is 3.70. The van der Waals surface area contributed by atoms with E-state index in [0.29, 0.717) is 0 Å². The summed E-state index contributed by atoms with van der Waals surface area (Å²) in [5.41, 5.74) is 4.13. The Morgan fingerprint density at radius 2 is 1.40 bits per heavy atom. The molecule has 250 valence electrons. The van der Waals surface area contributed by atoms with Crippen molar-refractivity contribution in [2.24, 2.45) is 5.92 Å². The molecular formula is C36H38BrN5O6. The van der Waals surface area contributed by atoms with E-state index in [0.717, 1.165) is 43.0 Å².